The van der Waals surface area contributed by atoms with Crippen molar-refractivity contribution in [3.05, 3.63) is 29.3 Å². The van der Waals surface area contributed by atoms with Gasteiger partial charge in [-0.15, -0.1) is 0 Å². The van der Waals surface area contributed by atoms with Gasteiger partial charge in [-0.25, -0.2) is 0 Å². The molecule has 0 aliphatic heterocycles. The Labute approximate surface area is 116 Å². The molecule has 0 amide bonds. The van der Waals surface area contributed by atoms with Crippen LogP contribution in [0.15, 0.2) is 18.2 Å². The van der Waals surface area contributed by atoms with Gasteiger partial charge in [-0.3, -0.25) is 0 Å². The Morgan fingerprint density at radius 2 is 2.11 bits per heavy atom. The topological polar surface area (TPSA) is 24.5 Å². The van der Waals surface area contributed by atoms with Gasteiger partial charge in [-0.05, 0) is 56.2 Å². The zero-order chi connectivity index (χ0) is 13.7. The Hall–Kier alpha value is -1.06. The summed E-state index contributed by atoms with van der Waals surface area (Å²) in [5.41, 5.74) is 2.89. The molecule has 0 radical (unpaired) electrons. The van der Waals surface area contributed by atoms with Gasteiger partial charge in [0.25, 0.3) is 0 Å². The van der Waals surface area contributed by atoms with Gasteiger partial charge in [0, 0.05) is 12.6 Å². The van der Waals surface area contributed by atoms with Gasteiger partial charge >= 0.3 is 0 Å². The molecule has 0 fully saturated rings. The van der Waals surface area contributed by atoms with Crippen LogP contribution in [0.25, 0.3) is 0 Å². The van der Waals surface area contributed by atoms with E-state index < -0.39 is 0 Å². The van der Waals surface area contributed by atoms with Crippen LogP contribution in [0.4, 0.5) is 0 Å². The third kappa shape index (κ3) is 3.48. The number of benzene rings is 1. The highest BCUT2D eigenvalue weighted by Crippen LogP contribution is 2.33. The minimum absolute atomic E-state index is 0.528. The predicted molar refractivity (Wildman–Crippen MR) is 79.8 cm³/mol. The molecule has 1 aromatic carbocycles. The molecule has 1 unspecified atom stereocenters. The van der Waals surface area contributed by atoms with Crippen molar-refractivity contribution in [1.29, 1.82) is 0 Å². The van der Waals surface area contributed by atoms with Crippen LogP contribution in [0.1, 0.15) is 37.4 Å². The van der Waals surface area contributed by atoms with Crippen molar-refractivity contribution >= 4 is 0 Å². The normalized spacial score (nSPS) is 17.8. The average Bonchev–Trinajstić information content (AvgIpc) is 2.86. The Bertz CT molecular complexity index is 402. The zero-order valence-corrected chi connectivity index (χ0v) is 12.4. The van der Waals surface area contributed by atoms with Gasteiger partial charge in [0.2, 0.25) is 0 Å². The number of ether oxygens (including phenoxy) is 1. The molecule has 106 valence electrons. The number of hydrogen-bond acceptors (Lipinski definition) is 3. The van der Waals surface area contributed by atoms with E-state index in [1.54, 1.807) is 0 Å². The minimum atomic E-state index is 0.528. The quantitative estimate of drug-likeness (QED) is 0.817. The van der Waals surface area contributed by atoms with E-state index in [1.165, 1.54) is 17.5 Å². The molecule has 3 heteroatoms. The Balaban J connectivity index is 1.89. The minimum Gasteiger partial charge on any atom is -0.492 e. The lowest BCUT2D eigenvalue weighted by Crippen LogP contribution is -2.27. The summed E-state index contributed by atoms with van der Waals surface area (Å²) >= 11 is 0. The van der Waals surface area contributed by atoms with Crippen LogP contribution in [0.2, 0.25) is 0 Å². The maximum atomic E-state index is 5.87. The summed E-state index contributed by atoms with van der Waals surface area (Å²) in [7, 11) is 2.04. The molecule has 1 aliphatic carbocycles. The molecule has 3 nitrogen and oxygen atoms in total. The monoisotopic (exact) mass is 262 g/mol. The van der Waals surface area contributed by atoms with Crippen LogP contribution in [0.5, 0.6) is 5.75 Å². The summed E-state index contributed by atoms with van der Waals surface area (Å²) < 4.78 is 5.87. The number of fused-ring (bicyclic) bond motifs is 1. The number of nitrogens with one attached hydrogen (secondary N) is 1. The van der Waals surface area contributed by atoms with Crippen LogP contribution in [-0.4, -0.2) is 38.2 Å². The summed E-state index contributed by atoms with van der Waals surface area (Å²) in [5, 5.41) is 3.37. The van der Waals surface area contributed by atoms with E-state index in [4.69, 9.17) is 4.74 Å². The Morgan fingerprint density at radius 3 is 2.79 bits per heavy atom. The first-order valence-corrected chi connectivity index (χ1v) is 7.43. The molecule has 0 saturated heterocycles. The number of aryl methyl sites for hydroxylation is 1. The SMILES string of the molecule is CCN(CC)CCOc1ccc2c(c1)CCC2NC. The third-order valence-corrected chi connectivity index (χ3v) is 4.11. The van der Waals surface area contributed by atoms with Gasteiger partial charge in [-0.1, -0.05) is 19.9 Å². The highest BCUT2D eigenvalue weighted by molar-refractivity contribution is 5.40. The number of rotatable bonds is 7. The van der Waals surface area contributed by atoms with Crippen molar-refractivity contribution in [3.8, 4) is 5.75 Å². The zero-order valence-electron chi connectivity index (χ0n) is 12.4. The maximum Gasteiger partial charge on any atom is 0.119 e. The third-order valence-electron chi connectivity index (χ3n) is 4.11. The highest BCUT2D eigenvalue weighted by atomic mass is 16.5. The fourth-order valence-corrected chi connectivity index (χ4v) is 2.82. The van der Waals surface area contributed by atoms with Crippen LogP contribution >= 0.6 is 0 Å². The second-order valence-electron chi connectivity index (χ2n) is 5.12. The van der Waals surface area contributed by atoms with Crippen molar-refractivity contribution in [3.63, 3.8) is 0 Å². The fraction of sp³-hybridized carbons (Fsp3) is 0.625. The second-order valence-corrected chi connectivity index (χ2v) is 5.12. The summed E-state index contributed by atoms with van der Waals surface area (Å²) in [5.74, 6) is 1.02. The lowest BCUT2D eigenvalue weighted by atomic mass is 10.1. The Kier molecular flexibility index (Phi) is 5.23. The van der Waals surface area contributed by atoms with E-state index in [9.17, 15) is 0 Å². The van der Waals surface area contributed by atoms with E-state index in [0.717, 1.165) is 38.4 Å². The number of nitrogens with zero attached hydrogens (tertiary/aromatic N) is 1. The van der Waals surface area contributed by atoms with E-state index in [1.807, 2.05) is 7.05 Å². The molecule has 0 heterocycles. The maximum absolute atomic E-state index is 5.87. The molecular weight excluding hydrogens is 236 g/mol. The van der Waals surface area contributed by atoms with Crippen molar-refractivity contribution in [2.45, 2.75) is 32.7 Å². The van der Waals surface area contributed by atoms with Gasteiger partial charge in [0.15, 0.2) is 0 Å². The first-order valence-electron chi connectivity index (χ1n) is 7.43. The van der Waals surface area contributed by atoms with Gasteiger partial charge < -0.3 is 15.0 Å². The highest BCUT2D eigenvalue weighted by Gasteiger charge is 2.20. The molecule has 1 atom stereocenters. The molecule has 0 saturated carbocycles. The standard InChI is InChI=1S/C16H26N2O/c1-4-18(5-2)10-11-19-14-7-8-15-13(12-14)6-9-16(15)17-3/h7-8,12,16-17H,4-6,9-11H2,1-3H3. The molecule has 1 aromatic rings. The molecule has 19 heavy (non-hydrogen) atoms. The first kappa shape index (κ1) is 14.4. The molecule has 0 bridgehead atoms. The smallest absolute Gasteiger partial charge is 0.119 e. The predicted octanol–water partition coefficient (Wildman–Crippen LogP) is 2.61. The van der Waals surface area contributed by atoms with Crippen LogP contribution < -0.4 is 10.1 Å². The molecule has 0 spiro atoms. The van der Waals surface area contributed by atoms with Crippen LogP contribution in [0, 0.1) is 0 Å². The van der Waals surface area contributed by atoms with Gasteiger partial charge in [0.1, 0.15) is 12.4 Å². The number of hydrogen-bond donors (Lipinski definition) is 1. The van der Waals surface area contributed by atoms with Crippen LogP contribution in [-0.2, 0) is 6.42 Å². The van der Waals surface area contributed by atoms with Gasteiger partial charge in [0.05, 0.1) is 0 Å². The molecular formula is C16H26N2O. The van der Waals surface area contributed by atoms with Crippen molar-refractivity contribution in [2.24, 2.45) is 0 Å². The Morgan fingerprint density at radius 1 is 1.32 bits per heavy atom. The molecule has 2 rings (SSSR count). The second kappa shape index (κ2) is 6.92. The van der Waals surface area contributed by atoms with Crippen molar-refractivity contribution < 1.29 is 4.74 Å². The summed E-state index contributed by atoms with van der Waals surface area (Å²) in [4.78, 5) is 2.38. The average molecular weight is 262 g/mol. The fourth-order valence-electron chi connectivity index (χ4n) is 2.82. The lowest BCUT2D eigenvalue weighted by Gasteiger charge is -2.18. The van der Waals surface area contributed by atoms with Crippen LogP contribution in [0.3, 0.4) is 0 Å². The van der Waals surface area contributed by atoms with E-state index >= 15 is 0 Å². The number of likely N-dealkylation sites (N-methyl/N-ethyl adjacent to an activating group) is 1. The van der Waals surface area contributed by atoms with E-state index in [0.29, 0.717) is 6.04 Å². The van der Waals surface area contributed by atoms with Crippen molar-refractivity contribution in [2.75, 3.05) is 33.3 Å². The van der Waals surface area contributed by atoms with Gasteiger partial charge in [-0.2, -0.15) is 0 Å². The largest absolute Gasteiger partial charge is 0.492 e. The molecule has 1 aliphatic rings. The first-order chi connectivity index (χ1) is 9.28. The van der Waals surface area contributed by atoms with E-state index in [-0.39, 0.29) is 0 Å². The molecule has 0 aromatic heterocycles. The molecule has 1 N–H and O–H groups in total. The summed E-state index contributed by atoms with van der Waals surface area (Å²) in [6.45, 7) is 8.34. The lowest BCUT2D eigenvalue weighted by molar-refractivity contribution is 0.222. The summed E-state index contributed by atoms with van der Waals surface area (Å²) in [6, 6.07) is 7.07. The summed E-state index contributed by atoms with van der Waals surface area (Å²) in [6.07, 6.45) is 2.36. The van der Waals surface area contributed by atoms with Crippen molar-refractivity contribution in [1.82, 2.24) is 10.2 Å². The van der Waals surface area contributed by atoms with E-state index in [2.05, 4.69) is 42.3 Å².